The molecular weight excluding hydrogens is 124 g/mol. The van der Waals surface area contributed by atoms with Crippen LogP contribution in [0.5, 0.6) is 0 Å². The Balaban J connectivity index is 2.15. The molecule has 0 amide bonds. The number of fused-ring (bicyclic) bond motifs is 2. The van der Waals surface area contributed by atoms with Crippen LogP contribution < -0.4 is 10.6 Å². The van der Waals surface area contributed by atoms with Crippen molar-refractivity contribution in [3.63, 3.8) is 0 Å². The second-order valence-corrected chi connectivity index (χ2v) is 4.27. The highest BCUT2D eigenvalue weighted by Gasteiger charge is 2.41. The molecule has 2 fully saturated rings. The fraction of sp³-hybridized carbons (Fsp3) is 1.00. The van der Waals surface area contributed by atoms with E-state index in [2.05, 4.69) is 24.5 Å². The minimum absolute atomic E-state index is 0.522. The highest BCUT2D eigenvalue weighted by atomic mass is 15.1. The average Bonchev–Trinajstić information content (AvgIpc) is 2.04. The Morgan fingerprint density at radius 2 is 2.10 bits per heavy atom. The van der Waals surface area contributed by atoms with E-state index in [0.717, 1.165) is 12.6 Å². The van der Waals surface area contributed by atoms with E-state index in [1.807, 2.05) is 0 Å². The molecular formula is C8H16N2. The largest absolute Gasteiger partial charge is 0.314 e. The number of nitrogens with one attached hydrogen (secondary N) is 2. The maximum Gasteiger partial charge on any atom is 0.0247 e. The van der Waals surface area contributed by atoms with Gasteiger partial charge in [-0.25, -0.2) is 0 Å². The zero-order chi connectivity index (χ0) is 7.19. The van der Waals surface area contributed by atoms with Crippen molar-refractivity contribution in [2.75, 3.05) is 13.1 Å². The van der Waals surface area contributed by atoms with Gasteiger partial charge in [0.1, 0.15) is 0 Å². The van der Waals surface area contributed by atoms with Gasteiger partial charge in [0.25, 0.3) is 0 Å². The molecule has 2 aliphatic rings. The van der Waals surface area contributed by atoms with Gasteiger partial charge in [0.05, 0.1) is 0 Å². The Bertz CT molecular complexity index is 142. The van der Waals surface area contributed by atoms with E-state index in [0.29, 0.717) is 11.5 Å². The van der Waals surface area contributed by atoms with Crippen LogP contribution in [0.25, 0.3) is 0 Å². The highest BCUT2D eigenvalue weighted by molar-refractivity contribution is 5.01. The summed E-state index contributed by atoms with van der Waals surface area (Å²) in [4.78, 5) is 0. The molecule has 0 aromatic rings. The highest BCUT2D eigenvalue weighted by Crippen LogP contribution is 2.34. The Hall–Kier alpha value is -0.0800. The van der Waals surface area contributed by atoms with Crippen molar-refractivity contribution in [1.29, 1.82) is 0 Å². The predicted octanol–water partition coefficient (Wildman–Crippen LogP) is 0.346. The van der Waals surface area contributed by atoms with E-state index in [1.54, 1.807) is 0 Å². The minimum Gasteiger partial charge on any atom is -0.314 e. The molecule has 0 radical (unpaired) electrons. The van der Waals surface area contributed by atoms with Gasteiger partial charge in [-0.2, -0.15) is 0 Å². The van der Waals surface area contributed by atoms with Gasteiger partial charge in [-0.05, 0) is 11.8 Å². The van der Waals surface area contributed by atoms with Crippen LogP contribution in [0.4, 0.5) is 0 Å². The third-order valence-electron chi connectivity index (χ3n) is 2.89. The summed E-state index contributed by atoms with van der Waals surface area (Å²) >= 11 is 0. The van der Waals surface area contributed by atoms with Gasteiger partial charge in [0.15, 0.2) is 0 Å². The Morgan fingerprint density at radius 1 is 1.30 bits per heavy atom. The molecule has 2 saturated heterocycles. The van der Waals surface area contributed by atoms with Gasteiger partial charge in [0, 0.05) is 25.2 Å². The third-order valence-corrected chi connectivity index (χ3v) is 2.89. The Labute approximate surface area is 62.4 Å². The molecule has 2 heterocycles. The van der Waals surface area contributed by atoms with Gasteiger partial charge < -0.3 is 10.6 Å². The molecule has 0 aromatic heterocycles. The summed E-state index contributed by atoms with van der Waals surface area (Å²) in [6.07, 6.45) is 1.34. The summed E-state index contributed by atoms with van der Waals surface area (Å²) in [7, 11) is 0. The molecule has 58 valence electrons. The second-order valence-electron chi connectivity index (χ2n) is 4.27. The fourth-order valence-electron chi connectivity index (χ4n) is 2.21. The summed E-state index contributed by atoms with van der Waals surface area (Å²) in [5.41, 5.74) is 0.522. The molecule has 2 heteroatoms. The average molecular weight is 140 g/mol. The smallest absolute Gasteiger partial charge is 0.0247 e. The summed E-state index contributed by atoms with van der Waals surface area (Å²) in [6.45, 7) is 7.04. The maximum atomic E-state index is 3.62. The SMILES string of the molecule is CC1(C)CC2CNCC1N2. The standard InChI is InChI=1S/C8H16N2/c1-8(2)3-6-4-9-5-7(8)10-6/h6-7,9-10H,3-5H2,1-2H3. The van der Waals surface area contributed by atoms with Crippen molar-refractivity contribution >= 4 is 0 Å². The van der Waals surface area contributed by atoms with Gasteiger partial charge in [0.2, 0.25) is 0 Å². The van der Waals surface area contributed by atoms with Crippen LogP contribution in [0.2, 0.25) is 0 Å². The van der Waals surface area contributed by atoms with Crippen molar-refractivity contribution in [3.8, 4) is 0 Å². The van der Waals surface area contributed by atoms with E-state index in [4.69, 9.17) is 0 Å². The third kappa shape index (κ3) is 0.867. The first-order valence-electron chi connectivity index (χ1n) is 4.15. The van der Waals surface area contributed by atoms with Crippen LogP contribution >= 0.6 is 0 Å². The van der Waals surface area contributed by atoms with Crippen LogP contribution in [0, 0.1) is 5.41 Å². The van der Waals surface area contributed by atoms with E-state index in [-0.39, 0.29) is 0 Å². The lowest BCUT2D eigenvalue weighted by molar-refractivity contribution is 0.306. The molecule has 0 saturated carbocycles. The number of hydrogen-bond acceptors (Lipinski definition) is 2. The molecule has 0 spiro atoms. The van der Waals surface area contributed by atoms with Crippen LogP contribution in [0.1, 0.15) is 20.3 Å². The zero-order valence-electron chi connectivity index (χ0n) is 6.78. The molecule has 10 heavy (non-hydrogen) atoms. The molecule has 2 bridgehead atoms. The van der Waals surface area contributed by atoms with E-state index >= 15 is 0 Å². The van der Waals surface area contributed by atoms with Gasteiger partial charge in [-0.1, -0.05) is 13.8 Å². The normalized spacial score (nSPS) is 43.8. The first-order chi connectivity index (χ1) is 4.68. The monoisotopic (exact) mass is 140 g/mol. The van der Waals surface area contributed by atoms with Crippen molar-refractivity contribution in [1.82, 2.24) is 10.6 Å². The lowest BCUT2D eigenvalue weighted by Crippen LogP contribution is -2.50. The van der Waals surface area contributed by atoms with Crippen molar-refractivity contribution in [3.05, 3.63) is 0 Å². The minimum atomic E-state index is 0.522. The zero-order valence-corrected chi connectivity index (χ0v) is 6.78. The molecule has 2 rings (SSSR count). The predicted molar refractivity (Wildman–Crippen MR) is 42.0 cm³/mol. The fourth-order valence-corrected chi connectivity index (χ4v) is 2.21. The molecule has 2 aliphatic heterocycles. The molecule has 2 nitrogen and oxygen atoms in total. The van der Waals surface area contributed by atoms with Crippen molar-refractivity contribution < 1.29 is 0 Å². The molecule has 2 atom stereocenters. The Kier molecular flexibility index (Phi) is 1.29. The molecule has 0 aliphatic carbocycles. The van der Waals surface area contributed by atoms with Crippen LogP contribution in [0.15, 0.2) is 0 Å². The van der Waals surface area contributed by atoms with E-state index in [9.17, 15) is 0 Å². The summed E-state index contributed by atoms with van der Waals surface area (Å²) in [6, 6.07) is 1.46. The second kappa shape index (κ2) is 1.95. The van der Waals surface area contributed by atoms with Crippen molar-refractivity contribution in [2.45, 2.75) is 32.4 Å². The van der Waals surface area contributed by atoms with Crippen LogP contribution in [0.3, 0.4) is 0 Å². The number of piperazine rings is 1. The summed E-state index contributed by atoms with van der Waals surface area (Å²) in [5.74, 6) is 0. The lowest BCUT2D eigenvalue weighted by atomic mass is 9.85. The van der Waals surface area contributed by atoms with Gasteiger partial charge in [-0.15, -0.1) is 0 Å². The van der Waals surface area contributed by atoms with Crippen LogP contribution in [-0.4, -0.2) is 25.2 Å². The number of hydrogen-bond donors (Lipinski definition) is 2. The molecule has 2 unspecified atom stereocenters. The summed E-state index contributed by atoms with van der Waals surface area (Å²) in [5, 5.41) is 7.06. The quantitative estimate of drug-likeness (QED) is 0.507. The Morgan fingerprint density at radius 3 is 2.70 bits per heavy atom. The topological polar surface area (TPSA) is 24.1 Å². The maximum absolute atomic E-state index is 3.62. The lowest BCUT2D eigenvalue weighted by Gasteiger charge is -2.27. The first-order valence-corrected chi connectivity index (χ1v) is 4.15. The molecule has 0 aromatic carbocycles. The van der Waals surface area contributed by atoms with Gasteiger partial charge in [-0.3, -0.25) is 0 Å². The van der Waals surface area contributed by atoms with E-state index < -0.39 is 0 Å². The van der Waals surface area contributed by atoms with Crippen LogP contribution in [-0.2, 0) is 0 Å². The van der Waals surface area contributed by atoms with E-state index in [1.165, 1.54) is 13.0 Å². The first kappa shape index (κ1) is 6.62. The summed E-state index contributed by atoms with van der Waals surface area (Å²) < 4.78 is 0. The van der Waals surface area contributed by atoms with Gasteiger partial charge >= 0.3 is 0 Å². The molecule has 2 N–H and O–H groups in total. The van der Waals surface area contributed by atoms with Crippen molar-refractivity contribution in [2.24, 2.45) is 5.41 Å². The number of rotatable bonds is 0.